The van der Waals surface area contributed by atoms with Crippen molar-refractivity contribution >= 4 is 23.4 Å². The highest BCUT2D eigenvalue weighted by Crippen LogP contribution is 2.32. The van der Waals surface area contributed by atoms with E-state index in [4.69, 9.17) is 25.8 Å². The van der Waals surface area contributed by atoms with Crippen LogP contribution in [0.1, 0.15) is 15.9 Å². The van der Waals surface area contributed by atoms with Crippen molar-refractivity contribution < 1.29 is 23.8 Å². The summed E-state index contributed by atoms with van der Waals surface area (Å²) < 4.78 is 16.0. The Morgan fingerprint density at radius 2 is 1.73 bits per heavy atom. The van der Waals surface area contributed by atoms with E-state index in [2.05, 4.69) is 20.6 Å². The maximum atomic E-state index is 12.6. The molecule has 1 atom stereocenters. The molecule has 0 aliphatic heterocycles. The molecule has 0 radical (unpaired) electrons. The van der Waals surface area contributed by atoms with Crippen LogP contribution < -0.4 is 20.1 Å². The molecule has 1 aromatic heterocycles. The van der Waals surface area contributed by atoms with Crippen molar-refractivity contribution in [3.8, 4) is 17.2 Å². The van der Waals surface area contributed by atoms with Crippen LogP contribution in [0.25, 0.3) is 0 Å². The van der Waals surface area contributed by atoms with Gasteiger partial charge in [0.05, 0.1) is 24.3 Å². The van der Waals surface area contributed by atoms with Gasteiger partial charge in [-0.1, -0.05) is 23.7 Å². The van der Waals surface area contributed by atoms with Gasteiger partial charge in [-0.15, -0.1) is 0 Å². The molecule has 2 aromatic carbocycles. The summed E-state index contributed by atoms with van der Waals surface area (Å²) in [5, 5.41) is 5.84. The molecular weight excluding hydrogens is 448 g/mol. The highest BCUT2D eigenvalue weighted by atomic mass is 35.5. The summed E-state index contributed by atoms with van der Waals surface area (Å²) in [4.78, 5) is 32.5. The molecule has 172 valence electrons. The lowest BCUT2D eigenvalue weighted by Crippen LogP contribution is -2.49. The molecule has 1 heterocycles. The van der Waals surface area contributed by atoms with E-state index in [0.717, 1.165) is 5.56 Å². The second kappa shape index (κ2) is 11.8. The minimum atomic E-state index is -0.873. The minimum absolute atomic E-state index is 0.0145. The molecule has 0 bridgehead atoms. The fourth-order valence-corrected chi connectivity index (χ4v) is 3.02. The molecule has 10 heteroatoms. The summed E-state index contributed by atoms with van der Waals surface area (Å²) in [6.45, 7) is 0.271. The van der Waals surface area contributed by atoms with Gasteiger partial charge in [0, 0.05) is 32.1 Å². The van der Waals surface area contributed by atoms with E-state index in [1.807, 2.05) is 12.1 Å². The van der Waals surface area contributed by atoms with Gasteiger partial charge < -0.3 is 24.8 Å². The highest BCUT2D eigenvalue weighted by molar-refractivity contribution is 6.32. The lowest BCUT2D eigenvalue weighted by molar-refractivity contribution is -0.124. The van der Waals surface area contributed by atoms with Crippen LogP contribution in [0.15, 0.2) is 61.2 Å². The zero-order valence-electron chi connectivity index (χ0n) is 18.1. The van der Waals surface area contributed by atoms with E-state index in [1.165, 1.54) is 25.8 Å². The average Bonchev–Trinajstić information content (AvgIpc) is 2.84. The quantitative estimate of drug-likeness (QED) is 0.468. The van der Waals surface area contributed by atoms with Gasteiger partial charge in [0.1, 0.15) is 29.6 Å². The molecule has 0 fully saturated rings. The number of hydrogen-bond acceptors (Lipinski definition) is 7. The van der Waals surface area contributed by atoms with Crippen LogP contribution in [-0.2, 0) is 16.1 Å². The molecule has 33 heavy (non-hydrogen) atoms. The minimum Gasteiger partial charge on any atom is -0.497 e. The number of halogens is 1. The van der Waals surface area contributed by atoms with Crippen molar-refractivity contribution in [2.24, 2.45) is 0 Å². The maximum Gasteiger partial charge on any atom is 0.255 e. The highest BCUT2D eigenvalue weighted by Gasteiger charge is 2.21. The van der Waals surface area contributed by atoms with E-state index in [-0.39, 0.29) is 24.6 Å². The summed E-state index contributed by atoms with van der Waals surface area (Å²) in [6.07, 6.45) is 4.05. The molecule has 3 aromatic rings. The number of rotatable bonds is 10. The van der Waals surface area contributed by atoms with E-state index in [1.54, 1.807) is 37.4 Å². The van der Waals surface area contributed by atoms with Crippen molar-refractivity contribution in [2.75, 3.05) is 20.8 Å². The molecule has 2 amide bonds. The Morgan fingerprint density at radius 1 is 1.03 bits per heavy atom. The lowest BCUT2D eigenvalue weighted by atomic mass is 10.2. The Morgan fingerprint density at radius 3 is 2.36 bits per heavy atom. The topological polar surface area (TPSA) is 112 Å². The van der Waals surface area contributed by atoms with Crippen LogP contribution in [0.5, 0.6) is 17.2 Å². The monoisotopic (exact) mass is 470 g/mol. The van der Waals surface area contributed by atoms with Crippen LogP contribution in [0.2, 0.25) is 5.02 Å². The van der Waals surface area contributed by atoms with Crippen LogP contribution in [0.3, 0.4) is 0 Å². The largest absolute Gasteiger partial charge is 0.497 e. The molecule has 2 N–H and O–H groups in total. The van der Waals surface area contributed by atoms with Gasteiger partial charge in [-0.05, 0) is 29.8 Å². The molecular formula is C23H23ClN4O5. The zero-order chi connectivity index (χ0) is 23.6. The van der Waals surface area contributed by atoms with Crippen molar-refractivity contribution in [1.29, 1.82) is 0 Å². The molecule has 0 aliphatic carbocycles. The Balaban J connectivity index is 1.55. The smallest absolute Gasteiger partial charge is 0.255 e. The molecule has 1 unspecified atom stereocenters. The summed E-state index contributed by atoms with van der Waals surface area (Å²) >= 11 is 6.20. The van der Waals surface area contributed by atoms with Crippen molar-refractivity contribution in [3.05, 3.63) is 77.3 Å². The SMILES string of the molecule is COCC(NC(=O)c1cncnc1)C(=O)NCc1ccc(Oc2ccc(OC)cc2Cl)cc1. The molecule has 3 rings (SSSR count). The van der Waals surface area contributed by atoms with Gasteiger partial charge in [0.25, 0.3) is 5.91 Å². The summed E-state index contributed by atoms with van der Waals surface area (Å²) in [7, 11) is 3.01. The Hall–Kier alpha value is -3.69. The third-order valence-electron chi connectivity index (χ3n) is 4.53. The lowest BCUT2D eigenvalue weighted by Gasteiger charge is -2.17. The molecule has 0 aliphatic rings. The number of amides is 2. The van der Waals surface area contributed by atoms with Crippen LogP contribution in [0, 0.1) is 0 Å². The van der Waals surface area contributed by atoms with Crippen molar-refractivity contribution in [2.45, 2.75) is 12.6 Å². The number of nitrogens with one attached hydrogen (secondary N) is 2. The van der Waals surface area contributed by atoms with Gasteiger partial charge in [0.15, 0.2) is 0 Å². The number of methoxy groups -OCH3 is 2. The van der Waals surface area contributed by atoms with E-state index in [9.17, 15) is 9.59 Å². The average molecular weight is 471 g/mol. The number of carbonyl (C=O) groups excluding carboxylic acids is 2. The van der Waals surface area contributed by atoms with Gasteiger partial charge in [-0.3, -0.25) is 9.59 Å². The number of benzene rings is 2. The predicted octanol–water partition coefficient (Wildman–Crippen LogP) is 2.99. The first-order chi connectivity index (χ1) is 16.0. The fraction of sp³-hybridized carbons (Fsp3) is 0.217. The maximum absolute atomic E-state index is 12.6. The zero-order valence-corrected chi connectivity index (χ0v) is 18.8. The number of ether oxygens (including phenoxy) is 3. The normalized spacial score (nSPS) is 11.4. The first-order valence-electron chi connectivity index (χ1n) is 9.93. The Labute approximate surface area is 196 Å². The fourth-order valence-electron chi connectivity index (χ4n) is 2.81. The Kier molecular flexibility index (Phi) is 8.56. The number of hydrogen-bond donors (Lipinski definition) is 2. The molecule has 9 nitrogen and oxygen atoms in total. The van der Waals surface area contributed by atoms with Gasteiger partial charge in [0.2, 0.25) is 5.91 Å². The van der Waals surface area contributed by atoms with Crippen LogP contribution in [-0.4, -0.2) is 48.7 Å². The summed E-state index contributed by atoms with van der Waals surface area (Å²) in [5.41, 5.74) is 1.09. The number of carbonyl (C=O) groups is 2. The third-order valence-corrected chi connectivity index (χ3v) is 4.83. The van der Waals surface area contributed by atoms with Gasteiger partial charge >= 0.3 is 0 Å². The summed E-state index contributed by atoms with van der Waals surface area (Å²) in [5.74, 6) is 0.879. The predicted molar refractivity (Wildman–Crippen MR) is 122 cm³/mol. The van der Waals surface area contributed by atoms with E-state index >= 15 is 0 Å². The molecule has 0 saturated heterocycles. The first-order valence-corrected chi connectivity index (χ1v) is 10.3. The number of nitrogens with zero attached hydrogens (tertiary/aromatic N) is 2. The molecule has 0 spiro atoms. The second-order valence-corrected chi connectivity index (χ2v) is 7.28. The van der Waals surface area contributed by atoms with E-state index in [0.29, 0.717) is 22.3 Å². The van der Waals surface area contributed by atoms with E-state index < -0.39 is 11.9 Å². The standard InChI is InChI=1S/C23H23ClN4O5/c1-31-13-20(28-22(29)16-11-25-14-26-12-16)23(30)27-10-15-3-5-17(6-4-15)33-21-8-7-18(32-2)9-19(21)24/h3-9,11-12,14,20H,10,13H2,1-2H3,(H,27,30)(H,28,29). The van der Waals surface area contributed by atoms with Crippen molar-refractivity contribution in [3.63, 3.8) is 0 Å². The van der Waals surface area contributed by atoms with Gasteiger partial charge in [-0.25, -0.2) is 9.97 Å². The van der Waals surface area contributed by atoms with Gasteiger partial charge in [-0.2, -0.15) is 0 Å². The van der Waals surface area contributed by atoms with Crippen LogP contribution >= 0.6 is 11.6 Å². The molecule has 0 saturated carbocycles. The second-order valence-electron chi connectivity index (χ2n) is 6.87. The van der Waals surface area contributed by atoms with Crippen molar-refractivity contribution in [1.82, 2.24) is 20.6 Å². The summed E-state index contributed by atoms with van der Waals surface area (Å²) in [6, 6.07) is 11.4. The third kappa shape index (κ3) is 6.90. The van der Waals surface area contributed by atoms with Crippen LogP contribution in [0.4, 0.5) is 0 Å². The first kappa shape index (κ1) is 24.0. The Bertz CT molecular complexity index is 1080. The number of aromatic nitrogens is 2.